The highest BCUT2D eigenvalue weighted by molar-refractivity contribution is 5.95. The second kappa shape index (κ2) is 3.41. The van der Waals surface area contributed by atoms with Gasteiger partial charge in [-0.3, -0.25) is 4.79 Å². The van der Waals surface area contributed by atoms with Gasteiger partial charge in [-0.25, -0.2) is 0 Å². The van der Waals surface area contributed by atoms with Crippen molar-refractivity contribution < 1.29 is 9.53 Å². The van der Waals surface area contributed by atoms with Crippen molar-refractivity contribution in [2.45, 2.75) is 0 Å². The summed E-state index contributed by atoms with van der Waals surface area (Å²) in [6.45, 7) is 0. The van der Waals surface area contributed by atoms with Crippen molar-refractivity contribution in [1.82, 2.24) is 10.3 Å². The molecule has 0 aliphatic carbocycles. The first-order valence-electron chi connectivity index (χ1n) is 4.22. The SMILES string of the molecule is COC1=CC(=O)N/C1=C\c1ccc[nH]1. The smallest absolute Gasteiger partial charge is 0.252 e. The molecule has 0 aromatic carbocycles. The average Bonchev–Trinajstić information content (AvgIpc) is 2.76. The predicted octanol–water partition coefficient (Wildman–Crippen LogP) is 1.02. The Morgan fingerprint density at radius 1 is 1.50 bits per heavy atom. The van der Waals surface area contributed by atoms with E-state index in [1.807, 2.05) is 24.4 Å². The van der Waals surface area contributed by atoms with Gasteiger partial charge in [0.2, 0.25) is 0 Å². The summed E-state index contributed by atoms with van der Waals surface area (Å²) in [5.41, 5.74) is 1.60. The molecule has 0 bridgehead atoms. The van der Waals surface area contributed by atoms with Gasteiger partial charge >= 0.3 is 0 Å². The van der Waals surface area contributed by atoms with Gasteiger partial charge in [0, 0.05) is 18.0 Å². The number of aromatic amines is 1. The average molecular weight is 190 g/mol. The van der Waals surface area contributed by atoms with E-state index >= 15 is 0 Å². The maximum Gasteiger partial charge on any atom is 0.252 e. The molecule has 0 fully saturated rings. The molecular formula is C10H10N2O2. The Hall–Kier alpha value is -1.97. The maximum atomic E-state index is 11.0. The molecule has 0 radical (unpaired) electrons. The summed E-state index contributed by atoms with van der Waals surface area (Å²) in [5, 5.41) is 2.68. The van der Waals surface area contributed by atoms with E-state index < -0.39 is 0 Å². The molecule has 0 saturated heterocycles. The highest BCUT2D eigenvalue weighted by atomic mass is 16.5. The molecule has 0 spiro atoms. The van der Waals surface area contributed by atoms with Crippen molar-refractivity contribution >= 4 is 12.0 Å². The third-order valence-electron chi connectivity index (χ3n) is 1.93. The zero-order valence-corrected chi connectivity index (χ0v) is 7.70. The van der Waals surface area contributed by atoms with Crippen molar-refractivity contribution in [3.63, 3.8) is 0 Å². The Morgan fingerprint density at radius 2 is 2.36 bits per heavy atom. The second-order valence-electron chi connectivity index (χ2n) is 2.89. The minimum Gasteiger partial charge on any atom is -0.494 e. The number of aromatic nitrogens is 1. The first kappa shape index (κ1) is 8.62. The molecule has 14 heavy (non-hydrogen) atoms. The first-order valence-corrected chi connectivity index (χ1v) is 4.22. The molecule has 4 heteroatoms. The summed E-state index contributed by atoms with van der Waals surface area (Å²) >= 11 is 0. The van der Waals surface area contributed by atoms with E-state index in [-0.39, 0.29) is 5.91 Å². The number of carbonyl (C=O) groups is 1. The van der Waals surface area contributed by atoms with Crippen LogP contribution < -0.4 is 5.32 Å². The van der Waals surface area contributed by atoms with Crippen LogP contribution in [-0.4, -0.2) is 18.0 Å². The van der Waals surface area contributed by atoms with E-state index in [1.54, 1.807) is 0 Å². The molecule has 0 atom stereocenters. The molecular weight excluding hydrogens is 180 g/mol. The number of nitrogens with one attached hydrogen (secondary N) is 2. The number of hydrogen-bond acceptors (Lipinski definition) is 2. The number of H-pyrrole nitrogens is 1. The lowest BCUT2D eigenvalue weighted by molar-refractivity contribution is -0.115. The van der Waals surface area contributed by atoms with E-state index in [0.29, 0.717) is 11.5 Å². The molecule has 1 aromatic heterocycles. The topological polar surface area (TPSA) is 54.1 Å². The normalized spacial score (nSPS) is 18.2. The van der Waals surface area contributed by atoms with E-state index in [9.17, 15) is 4.79 Å². The van der Waals surface area contributed by atoms with E-state index in [4.69, 9.17) is 4.74 Å². The monoisotopic (exact) mass is 190 g/mol. The maximum absolute atomic E-state index is 11.0. The minimum atomic E-state index is -0.153. The van der Waals surface area contributed by atoms with Crippen LogP contribution in [0.5, 0.6) is 0 Å². The number of methoxy groups -OCH3 is 1. The number of amides is 1. The summed E-state index contributed by atoms with van der Waals surface area (Å²) in [6.07, 6.45) is 5.06. The van der Waals surface area contributed by atoms with Crippen LogP contribution in [-0.2, 0) is 9.53 Å². The Kier molecular flexibility index (Phi) is 2.10. The van der Waals surface area contributed by atoms with E-state index in [1.165, 1.54) is 13.2 Å². The summed E-state index contributed by atoms with van der Waals surface area (Å²) in [6, 6.07) is 3.80. The van der Waals surface area contributed by atoms with Crippen molar-refractivity contribution in [3.8, 4) is 0 Å². The number of ether oxygens (including phenoxy) is 1. The van der Waals surface area contributed by atoms with Gasteiger partial charge in [0.1, 0.15) is 5.76 Å². The van der Waals surface area contributed by atoms with Crippen LogP contribution in [0.2, 0.25) is 0 Å². The van der Waals surface area contributed by atoms with Crippen molar-refractivity contribution in [3.05, 3.63) is 41.6 Å². The zero-order valence-electron chi connectivity index (χ0n) is 7.70. The van der Waals surface area contributed by atoms with Crippen LogP contribution in [0.3, 0.4) is 0 Å². The molecule has 1 aromatic rings. The molecule has 0 unspecified atom stereocenters. The summed E-state index contributed by atoms with van der Waals surface area (Å²) < 4.78 is 5.04. The van der Waals surface area contributed by atoms with E-state index in [0.717, 1.165) is 5.69 Å². The lowest BCUT2D eigenvalue weighted by atomic mass is 10.3. The van der Waals surface area contributed by atoms with Crippen LogP contribution in [0.1, 0.15) is 5.69 Å². The Morgan fingerprint density at radius 3 is 3.00 bits per heavy atom. The molecule has 1 aliphatic heterocycles. The van der Waals surface area contributed by atoms with Crippen LogP contribution in [0.4, 0.5) is 0 Å². The van der Waals surface area contributed by atoms with Crippen LogP contribution in [0, 0.1) is 0 Å². The van der Waals surface area contributed by atoms with Crippen LogP contribution in [0.15, 0.2) is 35.9 Å². The molecule has 1 amide bonds. The number of rotatable bonds is 2. The first-order chi connectivity index (χ1) is 6.79. The van der Waals surface area contributed by atoms with Gasteiger partial charge in [-0.1, -0.05) is 0 Å². The van der Waals surface area contributed by atoms with Gasteiger partial charge in [0.15, 0.2) is 0 Å². The Balaban J connectivity index is 2.28. The molecule has 4 nitrogen and oxygen atoms in total. The Labute approximate surface area is 81.3 Å². The predicted molar refractivity (Wildman–Crippen MR) is 52.0 cm³/mol. The van der Waals surface area contributed by atoms with Gasteiger partial charge in [0.05, 0.1) is 12.8 Å². The van der Waals surface area contributed by atoms with Gasteiger partial charge in [0.25, 0.3) is 5.91 Å². The van der Waals surface area contributed by atoms with E-state index in [2.05, 4.69) is 10.3 Å². The van der Waals surface area contributed by atoms with Gasteiger partial charge in [-0.15, -0.1) is 0 Å². The lowest BCUT2D eigenvalue weighted by Crippen LogP contribution is -2.13. The summed E-state index contributed by atoms with van der Waals surface area (Å²) in [7, 11) is 1.54. The summed E-state index contributed by atoms with van der Waals surface area (Å²) in [4.78, 5) is 14.0. The third kappa shape index (κ3) is 1.54. The fraction of sp³-hybridized carbons (Fsp3) is 0.100. The quantitative estimate of drug-likeness (QED) is 0.731. The molecule has 2 rings (SSSR count). The van der Waals surface area contributed by atoms with Gasteiger partial charge < -0.3 is 15.0 Å². The standard InChI is InChI=1S/C10H10N2O2/c1-14-9-6-10(13)12-8(9)5-7-3-2-4-11-7/h2-6,11H,1H3,(H,12,13)/b8-5-. The molecule has 2 heterocycles. The Bertz CT molecular complexity index is 402. The van der Waals surface area contributed by atoms with Crippen LogP contribution >= 0.6 is 0 Å². The number of hydrogen-bond donors (Lipinski definition) is 2. The van der Waals surface area contributed by atoms with Gasteiger partial charge in [-0.2, -0.15) is 0 Å². The van der Waals surface area contributed by atoms with Crippen molar-refractivity contribution in [1.29, 1.82) is 0 Å². The van der Waals surface area contributed by atoms with Crippen molar-refractivity contribution in [2.75, 3.05) is 7.11 Å². The fourth-order valence-electron chi connectivity index (χ4n) is 1.29. The minimum absolute atomic E-state index is 0.153. The summed E-state index contributed by atoms with van der Waals surface area (Å²) in [5.74, 6) is 0.407. The molecule has 72 valence electrons. The molecule has 1 aliphatic rings. The zero-order chi connectivity index (χ0) is 9.97. The number of carbonyl (C=O) groups excluding carboxylic acids is 1. The lowest BCUT2D eigenvalue weighted by Gasteiger charge is -2.02. The second-order valence-corrected chi connectivity index (χ2v) is 2.89. The van der Waals surface area contributed by atoms with Crippen LogP contribution in [0.25, 0.3) is 6.08 Å². The third-order valence-corrected chi connectivity index (χ3v) is 1.93. The molecule has 2 N–H and O–H groups in total. The fourth-order valence-corrected chi connectivity index (χ4v) is 1.29. The van der Waals surface area contributed by atoms with Gasteiger partial charge in [-0.05, 0) is 18.2 Å². The highest BCUT2D eigenvalue weighted by Crippen LogP contribution is 2.16. The highest BCUT2D eigenvalue weighted by Gasteiger charge is 2.17. The van der Waals surface area contributed by atoms with Crippen molar-refractivity contribution in [2.24, 2.45) is 0 Å². The largest absolute Gasteiger partial charge is 0.494 e. The molecule has 0 saturated carbocycles.